The molecular formula is C19H27N3O3. The van der Waals surface area contributed by atoms with Crippen molar-refractivity contribution in [3.63, 3.8) is 0 Å². The van der Waals surface area contributed by atoms with Crippen molar-refractivity contribution in [3.8, 4) is 5.75 Å². The minimum absolute atomic E-state index is 0.00187. The van der Waals surface area contributed by atoms with E-state index in [9.17, 15) is 4.79 Å². The minimum Gasteiger partial charge on any atom is -0.494 e. The van der Waals surface area contributed by atoms with Crippen LogP contribution < -0.4 is 10.1 Å². The number of fused-ring (bicyclic) bond motifs is 2. The summed E-state index contributed by atoms with van der Waals surface area (Å²) in [4.78, 5) is 18.3. The van der Waals surface area contributed by atoms with Crippen LogP contribution >= 0.6 is 0 Å². The van der Waals surface area contributed by atoms with Gasteiger partial charge < -0.3 is 14.7 Å². The summed E-state index contributed by atoms with van der Waals surface area (Å²) in [6, 6.07) is 5.76. The number of guanidine groups is 1. The van der Waals surface area contributed by atoms with E-state index in [0.717, 1.165) is 42.7 Å². The Bertz CT molecular complexity index is 645. The van der Waals surface area contributed by atoms with Crippen LogP contribution in [0.4, 0.5) is 5.69 Å². The van der Waals surface area contributed by atoms with E-state index in [1.165, 1.54) is 12.8 Å². The van der Waals surface area contributed by atoms with Crippen molar-refractivity contribution in [2.45, 2.75) is 58.0 Å². The van der Waals surface area contributed by atoms with Gasteiger partial charge in [0, 0.05) is 18.7 Å². The number of ether oxygens (including phenoxy) is 1. The largest absolute Gasteiger partial charge is 0.494 e. The molecule has 2 aliphatic heterocycles. The highest BCUT2D eigenvalue weighted by atomic mass is 16.5. The second-order valence-corrected chi connectivity index (χ2v) is 6.71. The van der Waals surface area contributed by atoms with Gasteiger partial charge in [-0.25, -0.2) is 4.99 Å². The zero-order valence-corrected chi connectivity index (χ0v) is 14.8. The number of rotatable bonds is 9. The topological polar surface area (TPSA) is 74.2 Å². The molecule has 1 aromatic carbocycles. The summed E-state index contributed by atoms with van der Waals surface area (Å²) in [5.74, 6) is 1.52. The van der Waals surface area contributed by atoms with Crippen molar-refractivity contribution >= 4 is 17.6 Å². The summed E-state index contributed by atoms with van der Waals surface area (Å²) in [7, 11) is 0. The zero-order chi connectivity index (χ0) is 17.6. The first-order valence-corrected chi connectivity index (χ1v) is 9.22. The predicted octanol–water partition coefficient (Wildman–Crippen LogP) is 2.72. The average molecular weight is 345 g/mol. The standard InChI is InChI=1S/C19H27N3O3/c1-14-18(24)21-19-20-17-9-8-16(12-15(17)13-22(14)19)25-11-7-5-3-2-4-6-10-23/h8-9,12,14,23H,2-7,10-11,13H2,1H3,(H,20,21,24). The highest BCUT2D eigenvalue weighted by molar-refractivity contribution is 6.07. The number of aliphatic imine (C=N–C) groups is 1. The van der Waals surface area contributed by atoms with Gasteiger partial charge in [-0.15, -0.1) is 0 Å². The van der Waals surface area contributed by atoms with Crippen molar-refractivity contribution in [3.05, 3.63) is 23.8 Å². The number of nitrogens with one attached hydrogen (secondary N) is 1. The number of nitrogens with zero attached hydrogens (tertiary/aromatic N) is 2. The first kappa shape index (κ1) is 17.7. The number of carbonyl (C=O) groups is 1. The summed E-state index contributed by atoms with van der Waals surface area (Å²) in [5, 5.41) is 11.6. The normalized spacial score (nSPS) is 18.5. The molecule has 0 saturated carbocycles. The number of hydrogen-bond donors (Lipinski definition) is 2. The number of hydrogen-bond acceptors (Lipinski definition) is 5. The molecule has 0 aliphatic carbocycles. The quantitative estimate of drug-likeness (QED) is 0.675. The number of carbonyl (C=O) groups excluding carboxylic acids is 1. The molecule has 1 aromatic rings. The highest BCUT2D eigenvalue weighted by Gasteiger charge is 2.35. The summed E-state index contributed by atoms with van der Waals surface area (Å²) < 4.78 is 5.87. The molecule has 0 spiro atoms. The second kappa shape index (κ2) is 8.34. The minimum atomic E-state index is -0.178. The number of amides is 1. The van der Waals surface area contributed by atoms with Crippen molar-refractivity contribution in [1.29, 1.82) is 0 Å². The van der Waals surface area contributed by atoms with E-state index in [-0.39, 0.29) is 11.9 Å². The molecule has 1 saturated heterocycles. The maximum Gasteiger partial charge on any atom is 0.249 e. The van der Waals surface area contributed by atoms with Crippen LogP contribution in [0, 0.1) is 0 Å². The zero-order valence-electron chi connectivity index (χ0n) is 14.8. The van der Waals surface area contributed by atoms with Gasteiger partial charge in [0.05, 0.1) is 12.3 Å². The molecule has 0 radical (unpaired) electrons. The fourth-order valence-corrected chi connectivity index (χ4v) is 3.21. The maximum atomic E-state index is 11.8. The Morgan fingerprint density at radius 3 is 2.80 bits per heavy atom. The van der Waals surface area contributed by atoms with Crippen molar-refractivity contribution in [2.75, 3.05) is 13.2 Å². The smallest absolute Gasteiger partial charge is 0.249 e. The van der Waals surface area contributed by atoms with E-state index in [2.05, 4.69) is 10.3 Å². The molecule has 1 unspecified atom stereocenters. The Balaban J connectivity index is 1.46. The van der Waals surface area contributed by atoms with Crippen LogP contribution in [0.5, 0.6) is 5.75 Å². The summed E-state index contributed by atoms with van der Waals surface area (Å²) in [5.41, 5.74) is 1.99. The van der Waals surface area contributed by atoms with Gasteiger partial charge in [-0.3, -0.25) is 10.1 Å². The Morgan fingerprint density at radius 2 is 2.00 bits per heavy atom. The molecule has 0 aromatic heterocycles. The molecule has 2 N–H and O–H groups in total. The van der Waals surface area contributed by atoms with Crippen molar-refractivity contribution in [2.24, 2.45) is 4.99 Å². The van der Waals surface area contributed by atoms with Crippen LogP contribution in [-0.4, -0.2) is 41.1 Å². The predicted molar refractivity (Wildman–Crippen MR) is 97.0 cm³/mol. The lowest BCUT2D eigenvalue weighted by atomic mass is 10.1. The van der Waals surface area contributed by atoms with Gasteiger partial charge in [-0.2, -0.15) is 0 Å². The first-order valence-electron chi connectivity index (χ1n) is 9.22. The van der Waals surface area contributed by atoms with Crippen LogP contribution in [0.15, 0.2) is 23.2 Å². The van der Waals surface area contributed by atoms with Crippen LogP contribution in [0.25, 0.3) is 0 Å². The Kier molecular flexibility index (Phi) is 5.91. The van der Waals surface area contributed by atoms with Crippen LogP contribution in [0.3, 0.4) is 0 Å². The molecule has 1 fully saturated rings. The Morgan fingerprint density at radius 1 is 1.24 bits per heavy atom. The average Bonchev–Trinajstić information content (AvgIpc) is 2.89. The van der Waals surface area contributed by atoms with Gasteiger partial charge in [-0.05, 0) is 38.0 Å². The van der Waals surface area contributed by atoms with Gasteiger partial charge in [0.1, 0.15) is 11.8 Å². The van der Waals surface area contributed by atoms with Crippen LogP contribution in [0.2, 0.25) is 0 Å². The molecular weight excluding hydrogens is 318 g/mol. The molecule has 136 valence electrons. The lowest BCUT2D eigenvalue weighted by Gasteiger charge is -2.26. The van der Waals surface area contributed by atoms with Gasteiger partial charge in [0.2, 0.25) is 11.9 Å². The lowest BCUT2D eigenvalue weighted by Crippen LogP contribution is -2.35. The molecule has 6 heteroatoms. The molecule has 2 heterocycles. The number of unbranched alkanes of at least 4 members (excludes halogenated alkanes) is 5. The second-order valence-electron chi connectivity index (χ2n) is 6.71. The van der Waals surface area contributed by atoms with E-state index >= 15 is 0 Å². The van der Waals surface area contributed by atoms with E-state index in [1.807, 2.05) is 30.0 Å². The first-order chi connectivity index (χ1) is 12.2. The van der Waals surface area contributed by atoms with Gasteiger partial charge in [0.15, 0.2) is 0 Å². The highest BCUT2D eigenvalue weighted by Crippen LogP contribution is 2.31. The molecule has 2 aliphatic rings. The van der Waals surface area contributed by atoms with E-state index in [4.69, 9.17) is 9.84 Å². The summed E-state index contributed by atoms with van der Waals surface area (Å²) in [6.07, 6.45) is 6.59. The molecule has 25 heavy (non-hydrogen) atoms. The van der Waals surface area contributed by atoms with Gasteiger partial charge in [-0.1, -0.05) is 25.7 Å². The third-order valence-electron chi connectivity index (χ3n) is 4.79. The molecule has 3 rings (SSSR count). The fraction of sp³-hybridized carbons (Fsp3) is 0.579. The molecule has 1 atom stereocenters. The van der Waals surface area contributed by atoms with Gasteiger partial charge >= 0.3 is 0 Å². The number of aliphatic hydroxyl groups excluding tert-OH is 1. The van der Waals surface area contributed by atoms with Gasteiger partial charge in [0.25, 0.3) is 0 Å². The monoisotopic (exact) mass is 345 g/mol. The third-order valence-corrected chi connectivity index (χ3v) is 4.79. The van der Waals surface area contributed by atoms with Crippen LogP contribution in [0.1, 0.15) is 51.0 Å². The maximum absolute atomic E-state index is 11.8. The Hall–Kier alpha value is -2.08. The Labute approximate surface area is 148 Å². The summed E-state index contributed by atoms with van der Waals surface area (Å²) >= 11 is 0. The fourth-order valence-electron chi connectivity index (χ4n) is 3.21. The van der Waals surface area contributed by atoms with Crippen molar-refractivity contribution in [1.82, 2.24) is 10.2 Å². The van der Waals surface area contributed by atoms with E-state index < -0.39 is 0 Å². The molecule has 1 amide bonds. The SMILES string of the molecule is CC1C(=O)NC2=Nc3ccc(OCCCCCCCCO)cc3CN21. The lowest BCUT2D eigenvalue weighted by molar-refractivity contribution is -0.121. The van der Waals surface area contributed by atoms with Crippen LogP contribution in [-0.2, 0) is 11.3 Å². The number of benzene rings is 1. The molecule has 6 nitrogen and oxygen atoms in total. The van der Waals surface area contributed by atoms with Crippen molar-refractivity contribution < 1.29 is 14.6 Å². The van der Waals surface area contributed by atoms with E-state index in [1.54, 1.807) is 0 Å². The number of aliphatic hydroxyl groups is 1. The summed E-state index contributed by atoms with van der Waals surface area (Å²) in [6.45, 7) is 3.58. The van der Waals surface area contributed by atoms with E-state index in [0.29, 0.717) is 25.7 Å². The molecule has 0 bridgehead atoms. The third kappa shape index (κ3) is 4.31.